The van der Waals surface area contributed by atoms with Gasteiger partial charge in [0.2, 0.25) is 0 Å². The van der Waals surface area contributed by atoms with Crippen molar-refractivity contribution in [2.24, 2.45) is 0 Å². The number of carbonyl (C=O) groups is 2. The lowest BCUT2D eigenvalue weighted by Crippen LogP contribution is -2.30. The maximum atomic E-state index is 14.2. The summed E-state index contributed by atoms with van der Waals surface area (Å²) >= 11 is 0. The smallest absolute Gasteiger partial charge is 0.265 e. The first-order valence-electron chi connectivity index (χ1n) is 23.4. The van der Waals surface area contributed by atoms with Crippen molar-refractivity contribution in [3.63, 3.8) is 0 Å². The van der Waals surface area contributed by atoms with Crippen LogP contribution in [-0.2, 0) is 64.7 Å². The van der Waals surface area contributed by atoms with Gasteiger partial charge in [0, 0.05) is 36.8 Å². The van der Waals surface area contributed by atoms with Crippen molar-refractivity contribution in [3.8, 4) is 23.0 Å². The van der Waals surface area contributed by atoms with Crippen molar-refractivity contribution in [1.29, 1.82) is 0 Å². The second-order valence-corrected chi connectivity index (χ2v) is 20.2. The third-order valence-corrected chi connectivity index (χ3v) is 14.6. The lowest BCUT2D eigenvalue weighted by atomic mass is 9.89. The van der Waals surface area contributed by atoms with Crippen LogP contribution in [0.4, 0.5) is 0 Å². The van der Waals surface area contributed by atoms with E-state index in [1.807, 2.05) is 36.4 Å². The number of para-hydroxylation sites is 2. The Hall–Kier alpha value is -6.80. The fourth-order valence-electron chi connectivity index (χ4n) is 8.69. The molecule has 2 aliphatic rings. The zero-order valence-electron chi connectivity index (χ0n) is 40.0. The highest BCUT2D eigenvalue weighted by Gasteiger charge is 2.27. The first-order chi connectivity index (χ1) is 34.9. The van der Waals surface area contributed by atoms with E-state index in [0.29, 0.717) is 107 Å². The molecule has 0 aromatic heterocycles. The minimum atomic E-state index is -4.27. The van der Waals surface area contributed by atoms with Crippen LogP contribution in [0.3, 0.4) is 0 Å². The van der Waals surface area contributed by atoms with Crippen LogP contribution in [0.15, 0.2) is 131 Å². The first kappa shape index (κ1) is 51.6. The number of carbonyl (C=O) groups excluding carboxylic acids is 2. The molecule has 72 heavy (non-hydrogen) atoms. The van der Waals surface area contributed by atoms with Gasteiger partial charge < -0.3 is 37.9 Å². The largest absolute Gasteiger partial charge is 0.496 e. The Morgan fingerprint density at radius 2 is 0.694 bits per heavy atom. The van der Waals surface area contributed by atoms with Crippen molar-refractivity contribution >= 4 is 31.9 Å². The van der Waals surface area contributed by atoms with Gasteiger partial charge in [0.25, 0.3) is 31.9 Å². The first-order valence-corrected chi connectivity index (χ1v) is 26.3. The maximum absolute atomic E-state index is 14.2. The molecule has 2 amide bonds. The molecule has 0 fully saturated rings. The summed E-state index contributed by atoms with van der Waals surface area (Å²) in [6.45, 7) is 2.61. The van der Waals surface area contributed by atoms with E-state index >= 15 is 0 Å². The number of ether oxygens (including phenoxy) is 8. The summed E-state index contributed by atoms with van der Waals surface area (Å²) in [5.74, 6) is 0.183. The monoisotopic (exact) mass is 1020 g/mol. The molecule has 0 spiro atoms. The number of rotatable bonds is 8. The molecule has 1 aliphatic heterocycles. The van der Waals surface area contributed by atoms with Gasteiger partial charge in [-0.25, -0.2) is 26.3 Å². The lowest BCUT2D eigenvalue weighted by Gasteiger charge is -2.23. The summed E-state index contributed by atoms with van der Waals surface area (Å²) in [6, 6.07) is 33.0. The van der Waals surface area contributed by atoms with Gasteiger partial charge in [-0.15, -0.1) is 0 Å². The van der Waals surface area contributed by atoms with E-state index in [4.69, 9.17) is 37.9 Å². The molecule has 6 aromatic carbocycles. The van der Waals surface area contributed by atoms with Gasteiger partial charge in [0.1, 0.15) is 36.2 Å². The Morgan fingerprint density at radius 1 is 0.403 bits per heavy atom. The van der Waals surface area contributed by atoms with Gasteiger partial charge >= 0.3 is 0 Å². The zero-order valence-corrected chi connectivity index (χ0v) is 41.6. The average molecular weight is 1020 g/mol. The maximum Gasteiger partial charge on any atom is 0.265 e. The molecule has 10 bridgehead atoms. The van der Waals surface area contributed by atoms with Crippen molar-refractivity contribution < 1.29 is 64.3 Å². The predicted octanol–water partition coefficient (Wildman–Crippen LogP) is 6.46. The van der Waals surface area contributed by atoms with E-state index in [1.54, 1.807) is 74.9 Å². The molecule has 16 nitrogen and oxygen atoms in total. The van der Waals surface area contributed by atoms with Crippen LogP contribution in [0.2, 0.25) is 0 Å². The van der Waals surface area contributed by atoms with Gasteiger partial charge in [-0.05, 0) is 93.0 Å². The van der Waals surface area contributed by atoms with Crippen LogP contribution in [0, 0.1) is 0 Å². The molecule has 0 unspecified atom stereocenters. The molecule has 0 atom stereocenters. The molecule has 0 saturated heterocycles. The molecule has 0 radical (unpaired) electrons. The molecule has 2 N–H and O–H groups in total. The molecule has 6 aromatic rings. The summed E-state index contributed by atoms with van der Waals surface area (Å²) in [4.78, 5) is 28.3. The van der Waals surface area contributed by atoms with E-state index in [9.17, 15) is 26.4 Å². The Kier molecular flexibility index (Phi) is 17.2. The van der Waals surface area contributed by atoms with Crippen LogP contribution in [-0.4, -0.2) is 109 Å². The number of amides is 2. The predicted molar refractivity (Wildman–Crippen MR) is 267 cm³/mol. The fraction of sp³-hybridized carbons (Fsp3) is 0.296. The molecule has 0 saturated carbocycles. The summed E-state index contributed by atoms with van der Waals surface area (Å²) in [5.41, 5.74) is 5.08. The van der Waals surface area contributed by atoms with Gasteiger partial charge in [-0.2, -0.15) is 0 Å². The van der Waals surface area contributed by atoms with Crippen LogP contribution < -0.4 is 28.4 Å². The highest BCUT2D eigenvalue weighted by atomic mass is 32.2. The summed E-state index contributed by atoms with van der Waals surface area (Å²) in [7, 11) is -5.45. The summed E-state index contributed by atoms with van der Waals surface area (Å²) < 4.78 is 108. The highest BCUT2D eigenvalue weighted by Crippen LogP contribution is 2.40. The third-order valence-electron chi connectivity index (χ3n) is 11.9. The van der Waals surface area contributed by atoms with E-state index in [2.05, 4.69) is 9.44 Å². The molecule has 8 rings (SSSR count). The van der Waals surface area contributed by atoms with Crippen molar-refractivity contribution in [2.75, 3.05) is 80.3 Å². The number of sulfonamides is 2. The van der Waals surface area contributed by atoms with Gasteiger partial charge in [-0.3, -0.25) is 9.59 Å². The fourth-order valence-corrected chi connectivity index (χ4v) is 10.7. The van der Waals surface area contributed by atoms with Crippen molar-refractivity contribution in [1.82, 2.24) is 9.44 Å². The van der Waals surface area contributed by atoms with Gasteiger partial charge in [0.15, 0.2) is 0 Å². The highest BCUT2D eigenvalue weighted by molar-refractivity contribution is 7.90. The number of hydrogen-bond donors (Lipinski definition) is 2. The number of benzene rings is 6. The Labute approximate surface area is 419 Å². The van der Waals surface area contributed by atoms with E-state index < -0.39 is 31.9 Å². The van der Waals surface area contributed by atoms with Gasteiger partial charge in [-0.1, -0.05) is 72.8 Å². The quantitative estimate of drug-likeness (QED) is 0.168. The normalized spacial score (nSPS) is 15.2. The molecular weight excluding hydrogens is 965 g/mol. The molecular formula is C54H56N2O14S2. The molecule has 18 heteroatoms. The number of nitrogens with one attached hydrogen (secondary N) is 2. The standard InChI is InChI=1S/C54H56N2O14S2/c1-63-49-37-11-9-12-38(49)30-42-34-46(54(58)56-72(61,62)48-17-7-4-8-18-48)36-44-32-40-14-10-13-39(50(40)64-2)31-43-35-45(53(57)55-71(59,60)47-15-5-3-6-16-47)33-41(29-37)51(43)69-27-25-67-23-21-65-19-20-66-22-24-68-26-28-70-52(42)44/h3-18,33-36H,19-32H2,1-2H3,(H,55,57)(H,56,58). The SMILES string of the molecule is COc1c2cccc1Cc1cc(C(=O)NS(=O)(=O)c3ccccc3)cc3c1OCCOCCOCCOCCOCCOc1c(cc(C(=O)NS(=O)(=O)c4ccccc4)cc1Cc1cccc(c1OC)C3)C2. The molecule has 378 valence electrons. The average Bonchev–Trinajstić information content (AvgIpc) is 3.37. The van der Waals surface area contributed by atoms with Crippen LogP contribution >= 0.6 is 0 Å². The molecule has 1 heterocycles. The third kappa shape index (κ3) is 12.8. The second-order valence-electron chi connectivity index (χ2n) is 16.8. The van der Waals surface area contributed by atoms with Crippen molar-refractivity contribution in [2.45, 2.75) is 35.5 Å². The van der Waals surface area contributed by atoms with Crippen molar-refractivity contribution in [3.05, 3.63) is 177 Å². The second kappa shape index (κ2) is 24.1. The summed E-state index contributed by atoms with van der Waals surface area (Å²) in [5, 5.41) is 0. The van der Waals surface area contributed by atoms with E-state index in [0.717, 1.165) is 0 Å². The minimum absolute atomic E-state index is 0.0698. The Bertz CT molecular complexity index is 2800. The number of fused-ring (bicyclic) bond motifs is 2. The minimum Gasteiger partial charge on any atom is -0.496 e. The van der Waals surface area contributed by atoms with Crippen LogP contribution in [0.5, 0.6) is 23.0 Å². The number of methoxy groups -OCH3 is 2. The van der Waals surface area contributed by atoms with Crippen LogP contribution in [0.25, 0.3) is 0 Å². The Morgan fingerprint density at radius 3 is 0.986 bits per heavy atom. The van der Waals surface area contributed by atoms with Gasteiger partial charge in [0.05, 0.1) is 76.9 Å². The zero-order chi connectivity index (χ0) is 50.5. The van der Waals surface area contributed by atoms with E-state index in [-0.39, 0.29) is 73.0 Å². The lowest BCUT2D eigenvalue weighted by molar-refractivity contribution is -0.00706. The molecule has 1 aliphatic carbocycles. The summed E-state index contributed by atoms with van der Waals surface area (Å²) in [6.07, 6.45) is 0.578. The topological polar surface area (TPSA) is 200 Å². The van der Waals surface area contributed by atoms with E-state index in [1.165, 1.54) is 24.3 Å². The Balaban J connectivity index is 1.31. The van der Waals surface area contributed by atoms with Crippen LogP contribution in [0.1, 0.15) is 65.2 Å². The number of hydrogen-bond acceptors (Lipinski definition) is 14.